The first kappa shape index (κ1) is 24.9. The van der Waals surface area contributed by atoms with Crippen molar-refractivity contribution in [2.24, 2.45) is 0 Å². The third kappa shape index (κ3) is 4.43. The maximum Gasteiger partial charge on any atom is 0.300 e. The van der Waals surface area contributed by atoms with Crippen molar-refractivity contribution >= 4 is 57.9 Å². The van der Waals surface area contributed by atoms with Crippen LogP contribution in [0, 0.1) is 5.82 Å². The first-order chi connectivity index (χ1) is 16.7. The highest BCUT2D eigenvalue weighted by molar-refractivity contribution is 6.52. The lowest BCUT2D eigenvalue weighted by Gasteiger charge is -2.26. The molecule has 3 aromatic rings. The number of benzene rings is 3. The van der Waals surface area contributed by atoms with E-state index >= 15 is 4.39 Å². The van der Waals surface area contributed by atoms with Crippen LogP contribution < -0.4 is 14.4 Å². The van der Waals surface area contributed by atoms with Crippen molar-refractivity contribution in [3.8, 4) is 11.5 Å². The monoisotopic (exact) mass is 535 g/mol. The Balaban J connectivity index is 2.03. The standard InChI is InChI=1S/C25H17Cl3FNO5/c1-34-19-11-20(35-2)17(28)10-16(19)23(31)21-22(15-5-3-4-6-18(15)29)30(25(33)24(21)32)14-8-12(26)7-13(27)9-14/h3-11,22,31H,1-2H3/b23-21+. The average molecular weight is 537 g/mol. The number of anilines is 1. The predicted octanol–water partition coefficient (Wildman–Crippen LogP) is 6.43. The number of amides is 1. The van der Waals surface area contributed by atoms with Gasteiger partial charge in [-0.15, -0.1) is 0 Å². The zero-order chi connectivity index (χ0) is 25.4. The Kier molecular flexibility index (Phi) is 6.94. The van der Waals surface area contributed by atoms with Crippen LogP contribution >= 0.6 is 34.8 Å². The molecule has 1 amide bonds. The molecule has 0 aromatic heterocycles. The predicted molar refractivity (Wildman–Crippen MR) is 132 cm³/mol. The summed E-state index contributed by atoms with van der Waals surface area (Å²) in [6.07, 6.45) is 0. The Hall–Kier alpha value is -3.26. The Morgan fingerprint density at radius 2 is 1.57 bits per heavy atom. The molecule has 0 saturated carbocycles. The molecule has 1 heterocycles. The van der Waals surface area contributed by atoms with Gasteiger partial charge in [0.05, 0.1) is 36.4 Å². The van der Waals surface area contributed by atoms with Crippen molar-refractivity contribution < 1.29 is 28.6 Å². The minimum Gasteiger partial charge on any atom is -0.507 e. The van der Waals surface area contributed by atoms with Crippen LogP contribution in [0.15, 0.2) is 60.2 Å². The molecule has 6 nitrogen and oxygen atoms in total. The number of hydrogen-bond acceptors (Lipinski definition) is 5. The summed E-state index contributed by atoms with van der Waals surface area (Å²) in [5.41, 5.74) is -0.225. The van der Waals surface area contributed by atoms with Crippen LogP contribution in [-0.2, 0) is 9.59 Å². The van der Waals surface area contributed by atoms with E-state index in [1.165, 1.54) is 62.8 Å². The number of ketones is 1. The van der Waals surface area contributed by atoms with Crippen molar-refractivity contribution in [1.29, 1.82) is 0 Å². The van der Waals surface area contributed by atoms with Crippen LogP contribution in [0.5, 0.6) is 11.5 Å². The molecule has 1 N–H and O–H groups in total. The number of carbonyl (C=O) groups excluding carboxylic acids is 2. The van der Waals surface area contributed by atoms with Crippen LogP contribution in [0.25, 0.3) is 5.76 Å². The Morgan fingerprint density at radius 3 is 2.17 bits per heavy atom. The molecule has 1 aliphatic rings. The van der Waals surface area contributed by atoms with Gasteiger partial charge in [0.25, 0.3) is 11.7 Å². The van der Waals surface area contributed by atoms with Crippen LogP contribution in [0.4, 0.5) is 10.1 Å². The van der Waals surface area contributed by atoms with Gasteiger partial charge in [0.1, 0.15) is 23.1 Å². The number of aliphatic hydroxyl groups is 1. The average Bonchev–Trinajstić information content (AvgIpc) is 3.08. The number of hydrogen-bond donors (Lipinski definition) is 1. The quantitative estimate of drug-likeness (QED) is 0.231. The van der Waals surface area contributed by atoms with Gasteiger partial charge in [-0.05, 0) is 30.3 Å². The van der Waals surface area contributed by atoms with Gasteiger partial charge in [0, 0.05) is 27.4 Å². The fraction of sp³-hybridized carbons (Fsp3) is 0.120. The van der Waals surface area contributed by atoms with Crippen molar-refractivity contribution in [1.82, 2.24) is 0 Å². The Labute approximate surface area is 215 Å². The topological polar surface area (TPSA) is 76.1 Å². The molecule has 4 rings (SSSR count). The molecule has 1 saturated heterocycles. The van der Waals surface area contributed by atoms with Gasteiger partial charge >= 0.3 is 0 Å². The third-order valence-electron chi connectivity index (χ3n) is 5.50. The van der Waals surface area contributed by atoms with Gasteiger partial charge in [-0.3, -0.25) is 14.5 Å². The maximum atomic E-state index is 15.0. The van der Waals surface area contributed by atoms with E-state index in [0.717, 1.165) is 4.90 Å². The molecule has 1 fully saturated rings. The van der Waals surface area contributed by atoms with Crippen LogP contribution in [0.2, 0.25) is 15.1 Å². The second kappa shape index (κ2) is 9.77. The summed E-state index contributed by atoms with van der Waals surface area (Å²) in [7, 11) is 2.75. The van der Waals surface area contributed by atoms with Gasteiger partial charge in [0.2, 0.25) is 0 Å². The molecule has 0 aliphatic carbocycles. The molecule has 3 aromatic carbocycles. The lowest BCUT2D eigenvalue weighted by atomic mass is 9.94. The van der Waals surface area contributed by atoms with E-state index in [-0.39, 0.29) is 49.0 Å². The molecule has 1 atom stereocenters. The van der Waals surface area contributed by atoms with Crippen molar-refractivity contribution in [3.05, 3.63) is 92.2 Å². The lowest BCUT2D eigenvalue weighted by molar-refractivity contribution is -0.132. The molecule has 0 spiro atoms. The molecule has 1 unspecified atom stereocenters. The molecule has 35 heavy (non-hydrogen) atoms. The van der Waals surface area contributed by atoms with Gasteiger partial charge < -0.3 is 14.6 Å². The molecule has 0 radical (unpaired) electrons. The van der Waals surface area contributed by atoms with Crippen LogP contribution in [0.1, 0.15) is 17.2 Å². The summed E-state index contributed by atoms with van der Waals surface area (Å²) in [5, 5.41) is 11.8. The minimum atomic E-state index is -1.34. The number of nitrogens with zero attached hydrogens (tertiary/aromatic N) is 1. The fourth-order valence-electron chi connectivity index (χ4n) is 3.96. The highest BCUT2D eigenvalue weighted by atomic mass is 35.5. The van der Waals surface area contributed by atoms with Gasteiger partial charge in [-0.1, -0.05) is 53.0 Å². The second-order valence-electron chi connectivity index (χ2n) is 7.51. The second-order valence-corrected chi connectivity index (χ2v) is 8.79. The maximum absolute atomic E-state index is 15.0. The molecular formula is C25H17Cl3FNO5. The van der Waals surface area contributed by atoms with Crippen LogP contribution in [-0.4, -0.2) is 31.0 Å². The molecule has 10 heteroatoms. The molecular weight excluding hydrogens is 520 g/mol. The summed E-state index contributed by atoms with van der Waals surface area (Å²) in [6.45, 7) is 0. The highest BCUT2D eigenvalue weighted by Crippen LogP contribution is 2.46. The zero-order valence-electron chi connectivity index (χ0n) is 18.3. The van der Waals surface area contributed by atoms with E-state index in [9.17, 15) is 14.7 Å². The van der Waals surface area contributed by atoms with E-state index in [0.29, 0.717) is 0 Å². The first-order valence-corrected chi connectivity index (χ1v) is 11.2. The Bertz CT molecular complexity index is 1370. The fourth-order valence-corrected chi connectivity index (χ4v) is 4.71. The van der Waals surface area contributed by atoms with Gasteiger partial charge in [-0.25, -0.2) is 4.39 Å². The SMILES string of the molecule is COc1cc(OC)c(/C(O)=C2\C(=O)C(=O)N(c3cc(Cl)cc(Cl)c3)C2c2ccccc2F)cc1Cl. The van der Waals surface area contributed by atoms with E-state index in [2.05, 4.69) is 0 Å². The molecule has 180 valence electrons. The normalized spacial score (nSPS) is 17.1. The highest BCUT2D eigenvalue weighted by Gasteiger charge is 2.48. The summed E-state index contributed by atoms with van der Waals surface area (Å²) < 4.78 is 25.5. The third-order valence-corrected chi connectivity index (χ3v) is 6.23. The number of aliphatic hydroxyl groups excluding tert-OH is 1. The van der Waals surface area contributed by atoms with Gasteiger partial charge in [0.15, 0.2) is 0 Å². The smallest absolute Gasteiger partial charge is 0.300 e. The van der Waals surface area contributed by atoms with Crippen molar-refractivity contribution in [2.45, 2.75) is 6.04 Å². The molecule has 1 aliphatic heterocycles. The lowest BCUT2D eigenvalue weighted by Crippen LogP contribution is -2.29. The van der Waals surface area contributed by atoms with Gasteiger partial charge in [-0.2, -0.15) is 0 Å². The van der Waals surface area contributed by atoms with Crippen LogP contribution in [0.3, 0.4) is 0 Å². The summed E-state index contributed by atoms with van der Waals surface area (Å²) in [4.78, 5) is 27.6. The summed E-state index contributed by atoms with van der Waals surface area (Å²) in [5.74, 6) is -2.96. The van der Waals surface area contributed by atoms with Crippen molar-refractivity contribution in [2.75, 3.05) is 19.1 Å². The number of ether oxygens (including phenoxy) is 2. The zero-order valence-corrected chi connectivity index (χ0v) is 20.6. The number of Topliss-reactive ketones (excluding diaryl/α,β-unsaturated/α-hetero) is 1. The largest absolute Gasteiger partial charge is 0.507 e. The number of rotatable bonds is 5. The van der Waals surface area contributed by atoms with E-state index in [4.69, 9.17) is 44.3 Å². The minimum absolute atomic E-state index is 0.0155. The number of carbonyl (C=O) groups is 2. The number of methoxy groups -OCH3 is 2. The van der Waals surface area contributed by atoms with E-state index in [1.54, 1.807) is 6.07 Å². The summed E-state index contributed by atoms with van der Waals surface area (Å²) >= 11 is 18.5. The molecule has 0 bridgehead atoms. The summed E-state index contributed by atoms with van der Waals surface area (Å²) in [6, 6.07) is 11.3. The van der Waals surface area contributed by atoms with E-state index in [1.807, 2.05) is 0 Å². The van der Waals surface area contributed by atoms with E-state index < -0.39 is 29.3 Å². The van der Waals surface area contributed by atoms with Crippen molar-refractivity contribution in [3.63, 3.8) is 0 Å². The first-order valence-electron chi connectivity index (χ1n) is 10.1. The number of halogens is 4. The Morgan fingerprint density at radius 1 is 0.943 bits per heavy atom.